The number of rotatable bonds is 5. The van der Waals surface area contributed by atoms with E-state index in [1.807, 2.05) is 38.1 Å². The van der Waals surface area contributed by atoms with E-state index in [1.165, 1.54) is 6.07 Å². The maximum atomic E-state index is 13.8. The first-order chi connectivity index (χ1) is 10.0. The largest absolute Gasteiger partial charge is 0.497 e. The number of hydrogen-bond donors (Lipinski definition) is 1. The Hall–Kier alpha value is -2.23. The fourth-order valence-electron chi connectivity index (χ4n) is 2.12. The van der Waals surface area contributed by atoms with Crippen molar-refractivity contribution < 1.29 is 9.13 Å². The lowest BCUT2D eigenvalue weighted by atomic mass is 10.1. The third-order valence-electron chi connectivity index (χ3n) is 3.46. The van der Waals surface area contributed by atoms with Gasteiger partial charge in [-0.05, 0) is 36.8 Å². The van der Waals surface area contributed by atoms with Gasteiger partial charge in [-0.15, -0.1) is 0 Å². The van der Waals surface area contributed by atoms with Crippen molar-refractivity contribution in [3.8, 4) is 5.75 Å². The van der Waals surface area contributed by atoms with E-state index in [0.717, 1.165) is 11.3 Å². The predicted molar refractivity (Wildman–Crippen MR) is 85.8 cm³/mol. The Morgan fingerprint density at radius 2 is 1.76 bits per heavy atom. The third-order valence-corrected chi connectivity index (χ3v) is 3.46. The monoisotopic (exact) mass is 288 g/mol. The molecule has 0 amide bonds. The molecule has 1 atom stereocenters. The fraction of sp³-hybridized carbons (Fsp3) is 0.294. The van der Waals surface area contributed by atoms with Gasteiger partial charge >= 0.3 is 0 Å². The van der Waals surface area contributed by atoms with Gasteiger partial charge in [-0.1, -0.05) is 12.1 Å². The molecular formula is C17H21FN2O. The van der Waals surface area contributed by atoms with Gasteiger partial charge in [-0.25, -0.2) is 4.39 Å². The van der Waals surface area contributed by atoms with Crippen LogP contribution in [0, 0.1) is 5.82 Å². The highest BCUT2D eigenvalue weighted by molar-refractivity contribution is 5.52. The number of halogens is 1. The Morgan fingerprint density at radius 1 is 1.10 bits per heavy atom. The molecule has 0 aliphatic carbocycles. The molecule has 1 N–H and O–H groups in total. The normalized spacial score (nSPS) is 11.9. The summed E-state index contributed by atoms with van der Waals surface area (Å²) in [4.78, 5) is 2.05. The second-order valence-electron chi connectivity index (χ2n) is 5.20. The van der Waals surface area contributed by atoms with E-state index in [4.69, 9.17) is 4.74 Å². The Kier molecular flexibility index (Phi) is 4.68. The molecule has 21 heavy (non-hydrogen) atoms. The first kappa shape index (κ1) is 15.2. The van der Waals surface area contributed by atoms with Crippen LogP contribution in [0.2, 0.25) is 0 Å². The lowest BCUT2D eigenvalue weighted by molar-refractivity contribution is 0.414. The molecule has 0 saturated heterocycles. The first-order valence-corrected chi connectivity index (χ1v) is 6.88. The van der Waals surface area contributed by atoms with E-state index in [1.54, 1.807) is 19.2 Å². The molecule has 3 nitrogen and oxygen atoms in total. The van der Waals surface area contributed by atoms with Crippen LogP contribution in [0.3, 0.4) is 0 Å². The average molecular weight is 288 g/mol. The van der Waals surface area contributed by atoms with Crippen molar-refractivity contribution in [2.45, 2.75) is 13.0 Å². The first-order valence-electron chi connectivity index (χ1n) is 6.88. The van der Waals surface area contributed by atoms with Gasteiger partial charge in [0.05, 0.1) is 12.8 Å². The fourth-order valence-corrected chi connectivity index (χ4v) is 2.12. The number of hydrogen-bond acceptors (Lipinski definition) is 3. The predicted octanol–water partition coefficient (Wildman–Crippen LogP) is 4.07. The number of methoxy groups -OCH3 is 1. The molecule has 0 saturated carbocycles. The number of nitrogens with zero attached hydrogens (tertiary/aromatic N) is 1. The zero-order valence-corrected chi connectivity index (χ0v) is 12.9. The molecule has 0 spiro atoms. The minimum absolute atomic E-state index is 0.00261. The van der Waals surface area contributed by atoms with Crippen LogP contribution < -0.4 is 15.0 Å². The van der Waals surface area contributed by atoms with Crippen LogP contribution in [0.15, 0.2) is 42.5 Å². The minimum atomic E-state index is -0.285. The van der Waals surface area contributed by atoms with Crippen molar-refractivity contribution in [3.05, 3.63) is 53.8 Å². The molecule has 0 aliphatic heterocycles. The quantitative estimate of drug-likeness (QED) is 0.897. The Bertz CT molecular complexity index is 596. The molecule has 0 aromatic heterocycles. The van der Waals surface area contributed by atoms with Crippen molar-refractivity contribution in [2.24, 2.45) is 0 Å². The highest BCUT2D eigenvalue weighted by Crippen LogP contribution is 2.26. The van der Waals surface area contributed by atoms with Gasteiger partial charge in [-0.2, -0.15) is 0 Å². The molecule has 0 radical (unpaired) electrons. The molecule has 0 bridgehead atoms. The van der Waals surface area contributed by atoms with Gasteiger partial charge in [0.25, 0.3) is 0 Å². The highest BCUT2D eigenvalue weighted by Gasteiger charge is 2.10. The molecule has 0 heterocycles. The van der Waals surface area contributed by atoms with Crippen molar-refractivity contribution in [1.82, 2.24) is 0 Å². The maximum absolute atomic E-state index is 13.8. The summed E-state index contributed by atoms with van der Waals surface area (Å²) in [5.41, 5.74) is 2.68. The van der Waals surface area contributed by atoms with E-state index in [-0.39, 0.29) is 11.9 Å². The van der Waals surface area contributed by atoms with Crippen molar-refractivity contribution in [1.29, 1.82) is 0 Å². The molecule has 112 valence electrons. The summed E-state index contributed by atoms with van der Waals surface area (Å²) in [6, 6.07) is 12.9. The average Bonchev–Trinajstić information content (AvgIpc) is 2.49. The standard InChI is InChI=1S/C17H21FN2O/c1-12(13-5-7-14(8-6-13)20(2)3)19-17-11-15(21-4)9-10-16(17)18/h5-12,19H,1-4H3. The summed E-state index contributed by atoms with van der Waals surface area (Å²) >= 11 is 0. The summed E-state index contributed by atoms with van der Waals surface area (Å²) < 4.78 is 19.0. The van der Waals surface area contributed by atoms with E-state index in [2.05, 4.69) is 17.4 Å². The molecular weight excluding hydrogens is 267 g/mol. The van der Waals surface area contributed by atoms with Gasteiger partial charge in [0.1, 0.15) is 11.6 Å². The van der Waals surface area contributed by atoms with Crippen LogP contribution in [0.25, 0.3) is 0 Å². The maximum Gasteiger partial charge on any atom is 0.146 e. The topological polar surface area (TPSA) is 24.5 Å². The van der Waals surface area contributed by atoms with E-state index in [0.29, 0.717) is 11.4 Å². The molecule has 4 heteroatoms. The molecule has 2 rings (SSSR count). The number of benzene rings is 2. The van der Waals surface area contributed by atoms with Crippen molar-refractivity contribution in [2.75, 3.05) is 31.4 Å². The zero-order chi connectivity index (χ0) is 15.4. The van der Waals surface area contributed by atoms with Crippen LogP contribution >= 0.6 is 0 Å². The summed E-state index contributed by atoms with van der Waals surface area (Å²) in [5, 5.41) is 3.18. The second-order valence-corrected chi connectivity index (χ2v) is 5.20. The number of anilines is 2. The zero-order valence-electron chi connectivity index (χ0n) is 12.9. The lowest BCUT2D eigenvalue weighted by Crippen LogP contribution is -2.10. The highest BCUT2D eigenvalue weighted by atomic mass is 19.1. The number of nitrogens with one attached hydrogen (secondary N) is 1. The number of ether oxygens (including phenoxy) is 1. The molecule has 2 aromatic carbocycles. The van der Waals surface area contributed by atoms with Crippen LogP contribution in [-0.2, 0) is 0 Å². The molecule has 2 aromatic rings. The summed E-state index contributed by atoms with van der Waals surface area (Å²) in [6.45, 7) is 2.00. The van der Waals surface area contributed by atoms with E-state index >= 15 is 0 Å². The molecule has 1 unspecified atom stereocenters. The third kappa shape index (κ3) is 3.66. The molecule has 0 aliphatic rings. The summed E-state index contributed by atoms with van der Waals surface area (Å²) in [6.07, 6.45) is 0. The Morgan fingerprint density at radius 3 is 2.33 bits per heavy atom. The minimum Gasteiger partial charge on any atom is -0.497 e. The molecule has 0 fully saturated rings. The van der Waals surface area contributed by atoms with Gasteiger partial charge < -0.3 is 15.0 Å². The van der Waals surface area contributed by atoms with Crippen molar-refractivity contribution >= 4 is 11.4 Å². The van der Waals surface area contributed by atoms with Gasteiger partial charge in [-0.3, -0.25) is 0 Å². The smallest absolute Gasteiger partial charge is 0.146 e. The Balaban J connectivity index is 2.15. The van der Waals surface area contributed by atoms with Gasteiger partial charge in [0.15, 0.2) is 0 Å². The van der Waals surface area contributed by atoms with Crippen LogP contribution in [-0.4, -0.2) is 21.2 Å². The van der Waals surface area contributed by atoms with E-state index < -0.39 is 0 Å². The van der Waals surface area contributed by atoms with Crippen LogP contribution in [0.5, 0.6) is 5.75 Å². The SMILES string of the molecule is COc1ccc(F)c(NC(C)c2ccc(N(C)C)cc2)c1. The summed E-state index contributed by atoms with van der Waals surface area (Å²) in [5.74, 6) is 0.349. The van der Waals surface area contributed by atoms with Crippen LogP contribution in [0.1, 0.15) is 18.5 Å². The van der Waals surface area contributed by atoms with Gasteiger partial charge in [0, 0.05) is 31.9 Å². The summed E-state index contributed by atoms with van der Waals surface area (Å²) in [7, 11) is 5.57. The lowest BCUT2D eigenvalue weighted by Gasteiger charge is -2.18. The van der Waals surface area contributed by atoms with Crippen molar-refractivity contribution in [3.63, 3.8) is 0 Å². The van der Waals surface area contributed by atoms with Gasteiger partial charge in [0.2, 0.25) is 0 Å². The van der Waals surface area contributed by atoms with E-state index in [9.17, 15) is 4.39 Å². The Labute approximate surface area is 125 Å². The van der Waals surface area contributed by atoms with Crippen LogP contribution in [0.4, 0.5) is 15.8 Å². The second kappa shape index (κ2) is 6.48.